The fraction of sp³-hybridized carbons (Fsp3) is 0.179. The Labute approximate surface area is 215 Å². The molecule has 0 atom stereocenters. The molecule has 1 aliphatic rings. The minimum Gasteiger partial charge on any atom is -0.336 e. The van der Waals surface area contributed by atoms with E-state index in [0.717, 1.165) is 25.2 Å². The van der Waals surface area contributed by atoms with Crippen molar-refractivity contribution >= 4 is 21.9 Å². The molecular weight excluding hydrogens is 486 g/mol. The molecule has 8 nitrogen and oxygen atoms in total. The van der Waals surface area contributed by atoms with Gasteiger partial charge in [0.15, 0.2) is 11.6 Å². The molecule has 2 N–H and O–H groups in total. The molecule has 0 amide bonds. The van der Waals surface area contributed by atoms with Gasteiger partial charge in [-0.25, -0.2) is 13.8 Å². The lowest BCUT2D eigenvalue weighted by Gasteiger charge is -2.14. The molecule has 0 bridgehead atoms. The van der Waals surface area contributed by atoms with Gasteiger partial charge in [-0.2, -0.15) is 5.10 Å². The minimum absolute atomic E-state index is 0.195. The number of nitrogens with zero attached hydrogens (tertiary/aromatic N) is 6. The summed E-state index contributed by atoms with van der Waals surface area (Å²) in [5.74, 6) is -0.572. The number of hydrogen-bond acceptors (Lipinski definition) is 6. The van der Waals surface area contributed by atoms with E-state index >= 15 is 4.39 Å². The Morgan fingerprint density at radius 1 is 0.895 bits per heavy atom. The number of H-pyrrole nitrogens is 2. The summed E-state index contributed by atoms with van der Waals surface area (Å²) in [5.41, 5.74) is 4.39. The van der Waals surface area contributed by atoms with Gasteiger partial charge >= 0.3 is 0 Å². The molecule has 5 aromatic heterocycles. The van der Waals surface area contributed by atoms with Crippen LogP contribution in [0.3, 0.4) is 0 Å². The van der Waals surface area contributed by atoms with Gasteiger partial charge in [0.1, 0.15) is 28.4 Å². The van der Waals surface area contributed by atoms with Gasteiger partial charge in [-0.15, -0.1) is 0 Å². The lowest BCUT2D eigenvalue weighted by Crippen LogP contribution is -2.18. The quantitative estimate of drug-likeness (QED) is 0.319. The maximum atomic E-state index is 16.1. The molecular formula is C28H22F2N8. The number of aromatic nitrogens is 7. The Morgan fingerprint density at radius 2 is 1.76 bits per heavy atom. The number of pyridine rings is 3. The maximum absolute atomic E-state index is 16.1. The Balaban J connectivity index is 1.32. The van der Waals surface area contributed by atoms with Crippen LogP contribution in [-0.2, 0) is 6.54 Å². The fourth-order valence-corrected chi connectivity index (χ4v) is 5.15. The number of imidazole rings is 1. The zero-order valence-corrected chi connectivity index (χ0v) is 20.2. The lowest BCUT2D eigenvalue weighted by atomic mass is 10.1. The second-order valence-electron chi connectivity index (χ2n) is 9.47. The summed E-state index contributed by atoms with van der Waals surface area (Å²) in [4.78, 5) is 23.3. The van der Waals surface area contributed by atoms with Crippen LogP contribution in [0.1, 0.15) is 18.4 Å². The van der Waals surface area contributed by atoms with Crippen LogP contribution in [0.25, 0.3) is 56.0 Å². The van der Waals surface area contributed by atoms with E-state index in [4.69, 9.17) is 0 Å². The Hall–Kier alpha value is -4.57. The molecule has 6 heterocycles. The normalized spacial score (nSPS) is 14.2. The zero-order valence-electron chi connectivity index (χ0n) is 20.2. The average Bonchev–Trinajstić information content (AvgIpc) is 3.69. The topological polar surface area (TPSA) is 99.3 Å². The SMILES string of the molecule is Fc1ccccc1-c1nccc2[nH]c(-c3n[nH]c4cnc(-c5cncc(CN6CCCC6)c5)c(F)c34)nc12. The first-order valence-corrected chi connectivity index (χ1v) is 12.4. The third kappa shape index (κ3) is 3.81. The first-order chi connectivity index (χ1) is 18.7. The van der Waals surface area contributed by atoms with E-state index in [9.17, 15) is 4.39 Å². The van der Waals surface area contributed by atoms with E-state index in [1.54, 1.807) is 42.9 Å². The molecule has 0 spiro atoms. The predicted octanol–water partition coefficient (Wildman–Crippen LogP) is 5.50. The van der Waals surface area contributed by atoms with Crippen LogP contribution in [0.5, 0.6) is 0 Å². The minimum atomic E-state index is -0.515. The lowest BCUT2D eigenvalue weighted by molar-refractivity contribution is 0.331. The number of hydrogen-bond donors (Lipinski definition) is 2. The number of aromatic amines is 2. The third-order valence-corrected chi connectivity index (χ3v) is 6.97. The van der Waals surface area contributed by atoms with Crippen LogP contribution in [0, 0.1) is 11.6 Å². The highest BCUT2D eigenvalue weighted by Crippen LogP contribution is 2.34. The van der Waals surface area contributed by atoms with Crippen molar-refractivity contribution in [1.29, 1.82) is 0 Å². The molecule has 1 saturated heterocycles. The van der Waals surface area contributed by atoms with E-state index in [1.807, 2.05) is 12.3 Å². The van der Waals surface area contributed by atoms with Crippen LogP contribution in [0.15, 0.2) is 61.2 Å². The number of nitrogens with one attached hydrogen (secondary N) is 2. The molecule has 6 aromatic rings. The Bertz CT molecular complexity index is 1800. The molecule has 0 unspecified atom stereocenters. The molecule has 1 fully saturated rings. The maximum Gasteiger partial charge on any atom is 0.161 e. The Kier molecular flexibility index (Phi) is 5.40. The van der Waals surface area contributed by atoms with Gasteiger partial charge in [0.05, 0.1) is 22.6 Å². The van der Waals surface area contributed by atoms with Gasteiger partial charge in [-0.05, 0) is 55.8 Å². The number of likely N-dealkylation sites (tertiary alicyclic amines) is 1. The van der Waals surface area contributed by atoms with Crippen LogP contribution in [-0.4, -0.2) is 53.1 Å². The number of halogens is 2. The third-order valence-electron chi connectivity index (χ3n) is 6.97. The molecule has 0 radical (unpaired) electrons. The van der Waals surface area contributed by atoms with Gasteiger partial charge in [-0.3, -0.25) is 25.0 Å². The summed E-state index contributed by atoms with van der Waals surface area (Å²) in [5, 5.41) is 7.47. The summed E-state index contributed by atoms with van der Waals surface area (Å²) in [6.45, 7) is 2.90. The van der Waals surface area contributed by atoms with Crippen molar-refractivity contribution < 1.29 is 8.78 Å². The van der Waals surface area contributed by atoms with Crippen LogP contribution < -0.4 is 0 Å². The fourth-order valence-electron chi connectivity index (χ4n) is 5.15. The highest BCUT2D eigenvalue weighted by atomic mass is 19.1. The molecule has 7 rings (SSSR count). The first kappa shape index (κ1) is 22.6. The van der Waals surface area contributed by atoms with E-state index in [0.29, 0.717) is 44.9 Å². The zero-order chi connectivity index (χ0) is 25.6. The summed E-state index contributed by atoms with van der Waals surface area (Å²) in [6.07, 6.45) is 8.98. The van der Waals surface area contributed by atoms with Gasteiger partial charge < -0.3 is 4.98 Å². The first-order valence-electron chi connectivity index (χ1n) is 12.4. The second-order valence-corrected chi connectivity index (χ2v) is 9.47. The predicted molar refractivity (Wildman–Crippen MR) is 140 cm³/mol. The van der Waals surface area contributed by atoms with Gasteiger partial charge in [0.2, 0.25) is 0 Å². The number of benzene rings is 1. The van der Waals surface area contributed by atoms with E-state index < -0.39 is 11.6 Å². The smallest absolute Gasteiger partial charge is 0.161 e. The van der Waals surface area contributed by atoms with Gasteiger partial charge in [0, 0.05) is 36.3 Å². The van der Waals surface area contributed by atoms with Crippen molar-refractivity contribution in [3.63, 3.8) is 0 Å². The van der Waals surface area contributed by atoms with Crippen molar-refractivity contribution in [1.82, 2.24) is 40.0 Å². The highest BCUT2D eigenvalue weighted by Gasteiger charge is 2.22. The average molecular weight is 509 g/mol. The van der Waals surface area contributed by atoms with E-state index in [1.165, 1.54) is 18.9 Å². The van der Waals surface area contributed by atoms with E-state index in [-0.39, 0.29) is 11.1 Å². The van der Waals surface area contributed by atoms with Crippen molar-refractivity contribution in [3.05, 3.63) is 78.4 Å². The van der Waals surface area contributed by atoms with Crippen molar-refractivity contribution in [2.45, 2.75) is 19.4 Å². The molecule has 1 aromatic carbocycles. The molecule has 10 heteroatoms. The second kappa shape index (κ2) is 9.07. The molecule has 38 heavy (non-hydrogen) atoms. The largest absolute Gasteiger partial charge is 0.336 e. The highest BCUT2D eigenvalue weighted by molar-refractivity contribution is 5.97. The number of fused-ring (bicyclic) bond motifs is 2. The molecule has 188 valence electrons. The molecule has 1 aliphatic heterocycles. The monoisotopic (exact) mass is 508 g/mol. The summed E-state index contributed by atoms with van der Waals surface area (Å²) < 4.78 is 30.6. The van der Waals surface area contributed by atoms with Gasteiger partial charge in [-0.1, -0.05) is 12.1 Å². The molecule has 0 saturated carbocycles. The number of rotatable bonds is 5. The van der Waals surface area contributed by atoms with Crippen molar-refractivity contribution in [2.24, 2.45) is 0 Å². The summed E-state index contributed by atoms with van der Waals surface area (Å²) in [7, 11) is 0. The van der Waals surface area contributed by atoms with Crippen LogP contribution in [0.2, 0.25) is 0 Å². The van der Waals surface area contributed by atoms with Crippen LogP contribution in [0.4, 0.5) is 8.78 Å². The van der Waals surface area contributed by atoms with Gasteiger partial charge in [0.25, 0.3) is 0 Å². The van der Waals surface area contributed by atoms with Crippen molar-refractivity contribution in [2.75, 3.05) is 13.1 Å². The summed E-state index contributed by atoms with van der Waals surface area (Å²) in [6, 6.07) is 10.1. The van der Waals surface area contributed by atoms with Crippen molar-refractivity contribution in [3.8, 4) is 34.0 Å². The standard InChI is InChI=1S/C28H22F2N8/c29-19-6-2-1-5-18(19)25-26-20(7-8-32-25)34-28(35-26)27-22-21(36-37-27)14-33-24(23(22)30)17-11-16(12-31-13-17)15-38-9-3-4-10-38/h1-2,5-8,11-14H,3-4,9-10,15H2,(H,34,35)(H,36,37). The van der Waals surface area contributed by atoms with Crippen LogP contribution >= 0.6 is 0 Å². The Morgan fingerprint density at radius 3 is 2.63 bits per heavy atom. The summed E-state index contributed by atoms with van der Waals surface area (Å²) >= 11 is 0. The molecule has 0 aliphatic carbocycles. The van der Waals surface area contributed by atoms with E-state index in [2.05, 4.69) is 40.0 Å².